The predicted molar refractivity (Wildman–Crippen MR) is 143 cm³/mol. The molecule has 0 radical (unpaired) electrons. The second-order valence-electron chi connectivity index (χ2n) is 9.01. The molecule has 1 N–H and O–H groups in total. The molecule has 1 aromatic carbocycles. The molecule has 4 heterocycles. The van der Waals surface area contributed by atoms with Crippen molar-refractivity contribution in [3.8, 4) is 0 Å². The van der Waals surface area contributed by atoms with Gasteiger partial charge in [0.05, 0.1) is 16.7 Å². The molecule has 0 unspecified atom stereocenters. The van der Waals surface area contributed by atoms with E-state index < -0.39 is 0 Å². The van der Waals surface area contributed by atoms with Crippen molar-refractivity contribution in [1.82, 2.24) is 20.2 Å². The molecule has 1 saturated heterocycles. The molecule has 35 heavy (non-hydrogen) atoms. The van der Waals surface area contributed by atoms with Gasteiger partial charge >= 0.3 is 0 Å². The molecule has 0 saturated carbocycles. The second kappa shape index (κ2) is 9.96. The van der Waals surface area contributed by atoms with Gasteiger partial charge in [-0.2, -0.15) is 0 Å². The van der Waals surface area contributed by atoms with Crippen LogP contribution in [0.1, 0.15) is 49.6 Å². The summed E-state index contributed by atoms with van der Waals surface area (Å²) in [6.45, 7) is 8.83. The van der Waals surface area contributed by atoms with Gasteiger partial charge in [-0.25, -0.2) is 9.37 Å². The molecule has 0 bridgehead atoms. The Bertz CT molecular complexity index is 1400. The lowest BCUT2D eigenvalue weighted by molar-refractivity contribution is 0.403. The minimum atomic E-state index is -0.212. The molecule has 5 rings (SSSR count). The number of allylic oxidation sites excluding steroid dienone is 6. The van der Waals surface area contributed by atoms with E-state index in [-0.39, 0.29) is 5.82 Å². The van der Waals surface area contributed by atoms with Gasteiger partial charge in [-0.1, -0.05) is 37.3 Å². The van der Waals surface area contributed by atoms with Crippen LogP contribution in [0, 0.1) is 5.82 Å². The SMILES string of the molecule is C/C=C\C(=C(/C)c1cc(CC)ccc1F)c1ccc2ncc(C3=CCC=C4CNCCN43)cc2n1. The first-order valence-electron chi connectivity index (χ1n) is 12.4. The van der Waals surface area contributed by atoms with Crippen molar-refractivity contribution in [3.05, 3.63) is 101 Å². The summed E-state index contributed by atoms with van der Waals surface area (Å²) >= 11 is 0. The maximum absolute atomic E-state index is 14.8. The molecule has 3 aromatic rings. The predicted octanol–water partition coefficient (Wildman–Crippen LogP) is 6.37. The Balaban J connectivity index is 1.58. The summed E-state index contributed by atoms with van der Waals surface area (Å²) in [6, 6.07) is 11.5. The maximum Gasteiger partial charge on any atom is 0.130 e. The second-order valence-corrected chi connectivity index (χ2v) is 9.01. The molecule has 178 valence electrons. The third kappa shape index (κ3) is 4.56. The molecule has 2 aliphatic heterocycles. The number of hydrogen-bond acceptors (Lipinski definition) is 4. The van der Waals surface area contributed by atoms with Crippen LogP contribution >= 0.6 is 0 Å². The van der Waals surface area contributed by atoms with Gasteiger partial charge in [-0.15, -0.1) is 0 Å². The van der Waals surface area contributed by atoms with Gasteiger partial charge in [0.2, 0.25) is 0 Å². The average Bonchev–Trinajstić information content (AvgIpc) is 2.90. The van der Waals surface area contributed by atoms with E-state index in [0.29, 0.717) is 5.56 Å². The van der Waals surface area contributed by atoms with Crippen LogP contribution in [0.15, 0.2) is 72.6 Å². The van der Waals surface area contributed by atoms with Crippen molar-refractivity contribution in [1.29, 1.82) is 0 Å². The van der Waals surface area contributed by atoms with E-state index in [2.05, 4.69) is 35.4 Å². The zero-order chi connectivity index (χ0) is 24.4. The number of fused-ring (bicyclic) bond motifs is 2. The number of rotatable bonds is 5. The number of nitrogens with one attached hydrogen (secondary N) is 1. The van der Waals surface area contributed by atoms with Gasteiger partial charge in [0.15, 0.2) is 0 Å². The summed E-state index contributed by atoms with van der Waals surface area (Å²) in [5.74, 6) is -0.212. The van der Waals surface area contributed by atoms with E-state index in [9.17, 15) is 4.39 Å². The first-order chi connectivity index (χ1) is 17.1. The highest BCUT2D eigenvalue weighted by Crippen LogP contribution is 2.32. The van der Waals surface area contributed by atoms with Crippen molar-refractivity contribution >= 4 is 27.9 Å². The van der Waals surface area contributed by atoms with Crippen molar-refractivity contribution in [2.45, 2.75) is 33.6 Å². The fraction of sp³-hybridized carbons (Fsp3) is 0.267. The highest BCUT2D eigenvalue weighted by molar-refractivity contribution is 5.95. The van der Waals surface area contributed by atoms with Crippen molar-refractivity contribution in [2.24, 2.45) is 0 Å². The van der Waals surface area contributed by atoms with E-state index in [4.69, 9.17) is 9.97 Å². The van der Waals surface area contributed by atoms with Gasteiger partial charge in [-0.3, -0.25) is 4.98 Å². The van der Waals surface area contributed by atoms with Gasteiger partial charge in [0, 0.05) is 53.9 Å². The molecule has 0 spiro atoms. The molecule has 4 nitrogen and oxygen atoms in total. The molecular formula is C30H31FN4. The van der Waals surface area contributed by atoms with E-state index in [0.717, 1.165) is 71.5 Å². The van der Waals surface area contributed by atoms with Crippen LogP contribution in [0.2, 0.25) is 0 Å². The summed E-state index contributed by atoms with van der Waals surface area (Å²) in [7, 11) is 0. The van der Waals surface area contributed by atoms with Crippen molar-refractivity contribution in [3.63, 3.8) is 0 Å². The van der Waals surface area contributed by atoms with Gasteiger partial charge in [0.25, 0.3) is 0 Å². The van der Waals surface area contributed by atoms with Crippen molar-refractivity contribution < 1.29 is 4.39 Å². The lowest BCUT2D eigenvalue weighted by Crippen LogP contribution is -2.41. The van der Waals surface area contributed by atoms with Gasteiger partial charge in [0.1, 0.15) is 5.82 Å². The largest absolute Gasteiger partial charge is 0.343 e. The third-order valence-corrected chi connectivity index (χ3v) is 6.81. The normalized spacial score (nSPS) is 16.7. The highest BCUT2D eigenvalue weighted by atomic mass is 19.1. The van der Waals surface area contributed by atoms with E-state index in [1.807, 2.05) is 56.5 Å². The quantitative estimate of drug-likeness (QED) is 0.444. The fourth-order valence-corrected chi connectivity index (χ4v) is 4.88. The van der Waals surface area contributed by atoms with E-state index in [1.165, 1.54) is 11.4 Å². The minimum absolute atomic E-state index is 0.212. The number of pyridine rings is 2. The first-order valence-corrected chi connectivity index (χ1v) is 12.4. The van der Waals surface area contributed by atoms with Crippen LogP contribution in [-0.2, 0) is 6.42 Å². The summed E-state index contributed by atoms with van der Waals surface area (Å²) in [5, 5.41) is 3.45. The summed E-state index contributed by atoms with van der Waals surface area (Å²) in [5.41, 5.74) is 9.61. The number of piperazine rings is 1. The number of benzene rings is 1. The molecule has 0 aliphatic carbocycles. The number of aromatic nitrogens is 2. The smallest absolute Gasteiger partial charge is 0.130 e. The van der Waals surface area contributed by atoms with Gasteiger partial charge < -0.3 is 10.2 Å². The van der Waals surface area contributed by atoms with Gasteiger partial charge in [-0.05, 0) is 68.2 Å². The number of nitrogens with zero attached hydrogens (tertiary/aromatic N) is 3. The Morgan fingerprint density at radius 1 is 1.14 bits per heavy atom. The van der Waals surface area contributed by atoms with E-state index >= 15 is 0 Å². The van der Waals surface area contributed by atoms with Crippen LogP contribution in [0.25, 0.3) is 27.9 Å². The molecule has 0 atom stereocenters. The zero-order valence-corrected chi connectivity index (χ0v) is 20.6. The monoisotopic (exact) mass is 466 g/mol. The Kier molecular flexibility index (Phi) is 6.60. The molecular weight excluding hydrogens is 435 g/mol. The minimum Gasteiger partial charge on any atom is -0.343 e. The van der Waals surface area contributed by atoms with E-state index in [1.54, 1.807) is 6.07 Å². The van der Waals surface area contributed by atoms with Crippen LogP contribution in [0.5, 0.6) is 0 Å². The number of hydrogen-bond donors (Lipinski definition) is 1. The summed E-state index contributed by atoms with van der Waals surface area (Å²) < 4.78 is 14.8. The lowest BCUT2D eigenvalue weighted by atomic mass is 9.95. The Morgan fingerprint density at radius 2 is 2.03 bits per heavy atom. The Labute approximate surface area is 206 Å². The number of aryl methyl sites for hydroxylation is 1. The van der Waals surface area contributed by atoms with Crippen LogP contribution in [0.4, 0.5) is 4.39 Å². The topological polar surface area (TPSA) is 41.1 Å². The molecule has 5 heteroatoms. The number of halogens is 1. The van der Waals surface area contributed by atoms with Crippen LogP contribution in [-0.4, -0.2) is 34.5 Å². The summed E-state index contributed by atoms with van der Waals surface area (Å²) in [4.78, 5) is 12.1. The standard InChI is InChI=1S/C30H31FN4/c1-4-7-24(20(3)25-16-21(5-2)10-11-26(25)31)27-12-13-28-29(34-27)17-22(18-33-28)30-9-6-8-23-19-32-14-15-35(23)30/h4,7-13,16-18,32H,5-6,14-15,19H2,1-3H3/b7-4-,24-20-. The fourth-order valence-electron chi connectivity index (χ4n) is 4.88. The van der Waals surface area contributed by atoms with Crippen LogP contribution in [0.3, 0.4) is 0 Å². The lowest BCUT2D eigenvalue weighted by Gasteiger charge is -2.36. The highest BCUT2D eigenvalue weighted by Gasteiger charge is 2.22. The Hall–Kier alpha value is -3.57. The summed E-state index contributed by atoms with van der Waals surface area (Å²) in [6.07, 6.45) is 12.3. The third-order valence-electron chi connectivity index (χ3n) is 6.81. The maximum atomic E-state index is 14.8. The molecule has 2 aromatic heterocycles. The first kappa shape index (κ1) is 23.2. The molecule has 0 amide bonds. The van der Waals surface area contributed by atoms with Crippen molar-refractivity contribution in [2.75, 3.05) is 19.6 Å². The zero-order valence-electron chi connectivity index (χ0n) is 20.6. The molecule has 1 fully saturated rings. The average molecular weight is 467 g/mol. The Morgan fingerprint density at radius 3 is 2.86 bits per heavy atom. The molecule has 2 aliphatic rings. The van der Waals surface area contributed by atoms with Crippen LogP contribution < -0.4 is 5.32 Å².